The van der Waals surface area contributed by atoms with Crippen LogP contribution in [0.4, 0.5) is 0 Å². The molecule has 1 rings (SSSR count). The second-order valence-corrected chi connectivity index (χ2v) is 2.92. The zero-order chi connectivity index (χ0) is 10.0. The highest BCUT2D eigenvalue weighted by Gasteiger charge is 2.07. The highest BCUT2D eigenvalue weighted by molar-refractivity contribution is 5.85. The number of furan rings is 1. The summed E-state index contributed by atoms with van der Waals surface area (Å²) >= 11 is 0. The van der Waals surface area contributed by atoms with Crippen LogP contribution in [0.25, 0.3) is 6.08 Å². The van der Waals surface area contributed by atoms with Crippen molar-refractivity contribution in [2.75, 3.05) is 0 Å². The van der Waals surface area contributed by atoms with Crippen LogP contribution in [0.15, 0.2) is 10.5 Å². The maximum Gasteiger partial charge on any atom is 0.328 e. The van der Waals surface area contributed by atoms with E-state index in [-0.39, 0.29) is 0 Å². The van der Waals surface area contributed by atoms with Crippen LogP contribution < -0.4 is 0 Å². The highest BCUT2D eigenvalue weighted by Crippen LogP contribution is 2.21. The van der Waals surface area contributed by atoms with Gasteiger partial charge in [-0.25, -0.2) is 4.79 Å². The second kappa shape index (κ2) is 3.47. The smallest absolute Gasteiger partial charge is 0.328 e. The summed E-state index contributed by atoms with van der Waals surface area (Å²) in [6.45, 7) is 5.59. The van der Waals surface area contributed by atoms with Crippen molar-refractivity contribution in [1.29, 1.82) is 0 Å². The summed E-state index contributed by atoms with van der Waals surface area (Å²) in [6.07, 6.45) is 2.67. The minimum Gasteiger partial charge on any atom is -0.478 e. The van der Waals surface area contributed by atoms with Gasteiger partial charge in [0.1, 0.15) is 11.5 Å². The van der Waals surface area contributed by atoms with Gasteiger partial charge in [0.15, 0.2) is 0 Å². The fourth-order valence-electron chi connectivity index (χ4n) is 1.21. The minimum absolute atomic E-state index is 0.757. The third-order valence-electron chi connectivity index (χ3n) is 2.01. The minimum atomic E-state index is -0.947. The zero-order valence-electron chi connectivity index (χ0n) is 7.92. The van der Waals surface area contributed by atoms with Gasteiger partial charge in [-0.2, -0.15) is 0 Å². The first-order valence-electron chi connectivity index (χ1n) is 4.00. The number of hydrogen-bond donors (Lipinski definition) is 1. The molecule has 0 amide bonds. The van der Waals surface area contributed by atoms with E-state index in [1.807, 2.05) is 20.8 Å². The molecule has 70 valence electrons. The van der Waals surface area contributed by atoms with Gasteiger partial charge in [-0.15, -0.1) is 0 Å². The Balaban J connectivity index is 3.07. The van der Waals surface area contributed by atoms with Crippen molar-refractivity contribution in [1.82, 2.24) is 0 Å². The number of hydrogen-bond acceptors (Lipinski definition) is 2. The number of aliphatic carboxylic acids is 1. The Morgan fingerprint density at radius 3 is 2.31 bits per heavy atom. The average Bonchev–Trinajstić information content (AvgIpc) is 2.24. The summed E-state index contributed by atoms with van der Waals surface area (Å²) in [7, 11) is 0. The van der Waals surface area contributed by atoms with Crippen LogP contribution in [0.3, 0.4) is 0 Å². The van der Waals surface area contributed by atoms with E-state index in [1.54, 1.807) is 6.08 Å². The van der Waals surface area contributed by atoms with Gasteiger partial charge in [-0.1, -0.05) is 0 Å². The maximum atomic E-state index is 10.3. The summed E-state index contributed by atoms with van der Waals surface area (Å²) < 4.78 is 5.33. The van der Waals surface area contributed by atoms with Crippen molar-refractivity contribution < 1.29 is 14.3 Å². The van der Waals surface area contributed by atoms with E-state index in [9.17, 15) is 4.79 Å². The standard InChI is InChI=1S/C10H12O3/c1-6-7(2)13-8(3)9(6)4-5-10(11)12/h4-5H,1-3H3,(H,11,12)/b5-4+. The Morgan fingerprint density at radius 1 is 1.31 bits per heavy atom. The van der Waals surface area contributed by atoms with Gasteiger partial charge in [-0.05, 0) is 32.4 Å². The van der Waals surface area contributed by atoms with Crippen LogP contribution >= 0.6 is 0 Å². The lowest BCUT2D eigenvalue weighted by Crippen LogP contribution is -1.86. The molecule has 1 N–H and O–H groups in total. The van der Waals surface area contributed by atoms with Gasteiger partial charge in [-0.3, -0.25) is 0 Å². The van der Waals surface area contributed by atoms with Gasteiger partial charge in [0, 0.05) is 11.6 Å². The normalized spacial score (nSPS) is 11.0. The first kappa shape index (κ1) is 9.58. The Hall–Kier alpha value is -1.51. The lowest BCUT2D eigenvalue weighted by atomic mass is 10.1. The lowest BCUT2D eigenvalue weighted by molar-refractivity contribution is -0.131. The molecule has 3 nitrogen and oxygen atoms in total. The molecule has 0 aromatic carbocycles. The van der Waals surface area contributed by atoms with Crippen LogP contribution in [-0.4, -0.2) is 11.1 Å². The van der Waals surface area contributed by atoms with E-state index in [0.717, 1.165) is 28.7 Å². The molecule has 1 aromatic rings. The molecule has 1 aromatic heterocycles. The summed E-state index contributed by atoms with van der Waals surface area (Å²) in [6, 6.07) is 0. The number of rotatable bonds is 2. The van der Waals surface area contributed by atoms with E-state index in [0.29, 0.717) is 0 Å². The molecular weight excluding hydrogens is 168 g/mol. The molecule has 0 aliphatic heterocycles. The summed E-state index contributed by atoms with van der Waals surface area (Å²) in [5.74, 6) is 0.646. The number of aryl methyl sites for hydroxylation is 2. The maximum absolute atomic E-state index is 10.3. The van der Waals surface area contributed by atoms with Crippen LogP contribution in [0, 0.1) is 20.8 Å². The topological polar surface area (TPSA) is 50.4 Å². The van der Waals surface area contributed by atoms with Gasteiger partial charge < -0.3 is 9.52 Å². The first-order valence-corrected chi connectivity index (χ1v) is 4.00. The predicted molar refractivity (Wildman–Crippen MR) is 49.6 cm³/mol. The molecule has 13 heavy (non-hydrogen) atoms. The van der Waals surface area contributed by atoms with Crippen LogP contribution in [0.1, 0.15) is 22.6 Å². The molecule has 0 atom stereocenters. The Bertz CT molecular complexity index is 358. The molecule has 0 fully saturated rings. The quantitative estimate of drug-likeness (QED) is 0.710. The fourth-order valence-corrected chi connectivity index (χ4v) is 1.21. The van der Waals surface area contributed by atoms with Crippen molar-refractivity contribution in [3.05, 3.63) is 28.7 Å². The molecule has 0 unspecified atom stereocenters. The Morgan fingerprint density at radius 2 is 1.92 bits per heavy atom. The van der Waals surface area contributed by atoms with Crippen molar-refractivity contribution in [2.45, 2.75) is 20.8 Å². The molecule has 0 saturated carbocycles. The molecular formula is C10H12O3. The van der Waals surface area contributed by atoms with Crippen LogP contribution in [0.2, 0.25) is 0 Å². The van der Waals surface area contributed by atoms with E-state index in [1.165, 1.54) is 0 Å². The lowest BCUT2D eigenvalue weighted by Gasteiger charge is -1.89. The second-order valence-electron chi connectivity index (χ2n) is 2.92. The molecule has 0 radical (unpaired) electrons. The van der Waals surface area contributed by atoms with E-state index >= 15 is 0 Å². The number of carbonyl (C=O) groups is 1. The van der Waals surface area contributed by atoms with Crippen molar-refractivity contribution in [2.24, 2.45) is 0 Å². The Labute approximate surface area is 76.7 Å². The monoisotopic (exact) mass is 180 g/mol. The van der Waals surface area contributed by atoms with Gasteiger partial charge in [0.05, 0.1) is 0 Å². The summed E-state index contributed by atoms with van der Waals surface area (Å²) in [5.41, 5.74) is 1.86. The number of carboxylic acid groups (broad SMARTS) is 1. The zero-order valence-corrected chi connectivity index (χ0v) is 7.92. The molecule has 3 heteroatoms. The van der Waals surface area contributed by atoms with Gasteiger partial charge in [0.2, 0.25) is 0 Å². The summed E-state index contributed by atoms with van der Waals surface area (Å²) in [4.78, 5) is 10.3. The van der Waals surface area contributed by atoms with Crippen LogP contribution in [-0.2, 0) is 4.79 Å². The fraction of sp³-hybridized carbons (Fsp3) is 0.300. The third kappa shape index (κ3) is 1.99. The molecule has 0 saturated heterocycles. The van der Waals surface area contributed by atoms with E-state index in [4.69, 9.17) is 9.52 Å². The molecule has 1 heterocycles. The van der Waals surface area contributed by atoms with Crippen molar-refractivity contribution >= 4 is 12.0 Å². The molecule has 0 bridgehead atoms. The van der Waals surface area contributed by atoms with E-state index in [2.05, 4.69) is 0 Å². The largest absolute Gasteiger partial charge is 0.478 e. The van der Waals surface area contributed by atoms with Crippen molar-refractivity contribution in [3.63, 3.8) is 0 Å². The third-order valence-corrected chi connectivity index (χ3v) is 2.01. The molecule has 0 aliphatic carbocycles. The number of carboxylic acids is 1. The Kier molecular flexibility index (Phi) is 2.56. The highest BCUT2D eigenvalue weighted by atomic mass is 16.4. The van der Waals surface area contributed by atoms with Gasteiger partial charge in [0.25, 0.3) is 0 Å². The van der Waals surface area contributed by atoms with Crippen LogP contribution in [0.5, 0.6) is 0 Å². The summed E-state index contributed by atoms with van der Waals surface area (Å²) in [5, 5.41) is 8.45. The SMILES string of the molecule is Cc1oc(C)c(/C=C/C(=O)O)c1C. The van der Waals surface area contributed by atoms with Gasteiger partial charge >= 0.3 is 5.97 Å². The van der Waals surface area contributed by atoms with E-state index < -0.39 is 5.97 Å². The average molecular weight is 180 g/mol. The van der Waals surface area contributed by atoms with Crippen molar-refractivity contribution in [3.8, 4) is 0 Å². The first-order chi connectivity index (χ1) is 6.02. The molecule has 0 aliphatic rings. The molecule has 0 spiro atoms. The predicted octanol–water partition coefficient (Wildman–Crippen LogP) is 2.30.